The summed E-state index contributed by atoms with van der Waals surface area (Å²) in [6.45, 7) is 2.08. The van der Waals surface area contributed by atoms with Crippen LogP contribution in [0.2, 0.25) is 0 Å². The molecule has 0 aliphatic heterocycles. The van der Waals surface area contributed by atoms with Crippen molar-refractivity contribution in [1.82, 2.24) is 0 Å². The Bertz CT molecular complexity index is 652. The van der Waals surface area contributed by atoms with Gasteiger partial charge in [-0.25, -0.2) is 4.39 Å². The minimum absolute atomic E-state index is 0.0982. The summed E-state index contributed by atoms with van der Waals surface area (Å²) in [5.41, 5.74) is 2.45. The van der Waals surface area contributed by atoms with Gasteiger partial charge in [-0.1, -0.05) is 49.7 Å². The lowest BCUT2D eigenvalue weighted by molar-refractivity contribution is -0.0790. The summed E-state index contributed by atoms with van der Waals surface area (Å²) in [6.07, 6.45) is -1.44. The monoisotopic (exact) mass is 308 g/mol. The molecule has 2 aromatic rings. The highest BCUT2D eigenvalue weighted by Gasteiger charge is 2.21. The van der Waals surface area contributed by atoms with Crippen LogP contribution in [-0.4, -0.2) is 6.18 Å². The number of aryl methyl sites for hydroxylation is 1. The Labute approximate surface area is 127 Å². The Balaban J connectivity index is 2.24. The Morgan fingerprint density at radius 3 is 2.23 bits per heavy atom. The van der Waals surface area contributed by atoms with Crippen molar-refractivity contribution in [2.24, 2.45) is 0 Å². The van der Waals surface area contributed by atoms with Crippen LogP contribution in [0.4, 0.5) is 17.6 Å². The van der Waals surface area contributed by atoms with E-state index in [0.717, 1.165) is 25.0 Å². The molecule has 0 aliphatic carbocycles. The first-order valence-corrected chi connectivity index (χ1v) is 7.04. The maximum Gasteiger partial charge on any atom is 0.409 e. The lowest BCUT2D eigenvalue weighted by Crippen LogP contribution is -2.00. The van der Waals surface area contributed by atoms with Crippen LogP contribution in [0.3, 0.4) is 0 Å². The van der Waals surface area contributed by atoms with E-state index in [1.807, 2.05) is 24.3 Å². The van der Waals surface area contributed by atoms with E-state index in [-0.39, 0.29) is 11.6 Å². The van der Waals surface area contributed by atoms with Gasteiger partial charge < -0.3 is 0 Å². The predicted octanol–water partition coefficient (Wildman–Crippen LogP) is 6.02. The molecule has 0 unspecified atom stereocenters. The third-order valence-electron chi connectivity index (χ3n) is 3.26. The van der Waals surface area contributed by atoms with E-state index in [1.54, 1.807) is 0 Å². The Morgan fingerprint density at radius 2 is 1.68 bits per heavy atom. The van der Waals surface area contributed by atoms with Gasteiger partial charge in [0, 0.05) is 11.6 Å². The molecule has 0 spiro atoms. The van der Waals surface area contributed by atoms with Crippen LogP contribution >= 0.6 is 0 Å². The fourth-order valence-corrected chi connectivity index (χ4v) is 2.20. The zero-order valence-electron chi connectivity index (χ0n) is 12.1. The van der Waals surface area contributed by atoms with Gasteiger partial charge in [-0.2, -0.15) is 13.2 Å². The zero-order chi connectivity index (χ0) is 16.2. The second-order valence-electron chi connectivity index (χ2n) is 5.06. The minimum Gasteiger partial charge on any atom is -0.206 e. The van der Waals surface area contributed by atoms with E-state index in [1.165, 1.54) is 17.7 Å². The SMILES string of the molecule is CCCc1ccc(-c2ccc(C=CC(F)(F)F)cc2F)cc1. The number of allylic oxidation sites excluding steroid dienone is 1. The Morgan fingerprint density at radius 1 is 1.00 bits per heavy atom. The fraction of sp³-hybridized carbons (Fsp3) is 0.222. The average molecular weight is 308 g/mol. The van der Waals surface area contributed by atoms with Crippen molar-refractivity contribution >= 4 is 6.08 Å². The lowest BCUT2D eigenvalue weighted by Gasteiger charge is -2.06. The molecule has 0 saturated heterocycles. The van der Waals surface area contributed by atoms with Crippen molar-refractivity contribution in [3.8, 4) is 11.1 Å². The molecular formula is C18H16F4. The first-order valence-electron chi connectivity index (χ1n) is 7.04. The first-order chi connectivity index (χ1) is 10.4. The van der Waals surface area contributed by atoms with E-state index in [9.17, 15) is 17.6 Å². The molecule has 0 radical (unpaired) electrons. The van der Waals surface area contributed by atoms with Crippen LogP contribution in [0, 0.1) is 5.82 Å². The zero-order valence-corrected chi connectivity index (χ0v) is 12.1. The summed E-state index contributed by atoms with van der Waals surface area (Å²) >= 11 is 0. The molecule has 0 heterocycles. The quantitative estimate of drug-likeness (QED) is 0.606. The van der Waals surface area contributed by atoms with Crippen LogP contribution in [0.5, 0.6) is 0 Å². The molecule has 116 valence electrons. The van der Waals surface area contributed by atoms with Gasteiger partial charge >= 0.3 is 6.18 Å². The van der Waals surface area contributed by atoms with Crippen molar-refractivity contribution < 1.29 is 17.6 Å². The molecule has 0 fully saturated rings. The Hall–Kier alpha value is -2.10. The van der Waals surface area contributed by atoms with Gasteiger partial charge in [-0.05, 0) is 35.3 Å². The van der Waals surface area contributed by atoms with Crippen LogP contribution in [0.15, 0.2) is 48.5 Å². The topological polar surface area (TPSA) is 0 Å². The van der Waals surface area contributed by atoms with E-state index in [4.69, 9.17) is 0 Å². The van der Waals surface area contributed by atoms with Gasteiger partial charge in [-0.3, -0.25) is 0 Å². The summed E-state index contributed by atoms with van der Waals surface area (Å²) in [4.78, 5) is 0. The molecule has 2 rings (SSSR count). The lowest BCUT2D eigenvalue weighted by atomic mass is 10.0. The summed E-state index contributed by atoms with van der Waals surface area (Å²) in [6, 6.07) is 11.6. The minimum atomic E-state index is -4.40. The summed E-state index contributed by atoms with van der Waals surface area (Å²) < 4.78 is 50.4. The van der Waals surface area contributed by atoms with Crippen molar-refractivity contribution in [2.45, 2.75) is 25.9 Å². The summed E-state index contributed by atoms with van der Waals surface area (Å²) in [5, 5.41) is 0. The van der Waals surface area contributed by atoms with Gasteiger partial charge in [0.15, 0.2) is 0 Å². The number of rotatable bonds is 4. The van der Waals surface area contributed by atoms with Crippen LogP contribution in [0.1, 0.15) is 24.5 Å². The maximum absolute atomic E-state index is 14.1. The summed E-state index contributed by atoms with van der Waals surface area (Å²) in [5.74, 6) is -0.535. The maximum atomic E-state index is 14.1. The third-order valence-corrected chi connectivity index (χ3v) is 3.26. The van der Waals surface area contributed by atoms with Crippen LogP contribution < -0.4 is 0 Å². The van der Waals surface area contributed by atoms with Gasteiger partial charge in [0.25, 0.3) is 0 Å². The predicted molar refractivity (Wildman–Crippen MR) is 80.9 cm³/mol. The van der Waals surface area contributed by atoms with E-state index in [0.29, 0.717) is 11.1 Å². The highest BCUT2D eigenvalue weighted by atomic mass is 19.4. The van der Waals surface area contributed by atoms with Crippen molar-refractivity contribution in [2.75, 3.05) is 0 Å². The van der Waals surface area contributed by atoms with E-state index < -0.39 is 12.0 Å². The molecule has 2 aromatic carbocycles. The van der Waals surface area contributed by atoms with E-state index in [2.05, 4.69) is 6.92 Å². The molecular weight excluding hydrogens is 292 g/mol. The van der Waals surface area contributed by atoms with E-state index >= 15 is 0 Å². The highest BCUT2D eigenvalue weighted by Crippen LogP contribution is 2.25. The van der Waals surface area contributed by atoms with Gasteiger partial charge in [-0.15, -0.1) is 0 Å². The molecule has 0 nitrogen and oxygen atoms in total. The number of alkyl halides is 3. The largest absolute Gasteiger partial charge is 0.409 e. The number of benzene rings is 2. The molecule has 0 amide bonds. The number of hydrogen-bond acceptors (Lipinski definition) is 0. The standard InChI is InChI=1S/C18H16F4/c1-2-3-13-4-7-15(8-5-13)16-9-6-14(12-17(16)19)10-11-18(20,21)22/h4-12H,2-3H2,1H3. The van der Waals surface area contributed by atoms with Crippen molar-refractivity contribution in [3.63, 3.8) is 0 Å². The van der Waals surface area contributed by atoms with Crippen LogP contribution in [0.25, 0.3) is 17.2 Å². The number of halogens is 4. The fourth-order valence-electron chi connectivity index (χ4n) is 2.20. The van der Waals surface area contributed by atoms with Gasteiger partial charge in [0.2, 0.25) is 0 Å². The van der Waals surface area contributed by atoms with Crippen molar-refractivity contribution in [1.29, 1.82) is 0 Å². The number of hydrogen-bond donors (Lipinski definition) is 0. The molecule has 0 aliphatic rings. The Kier molecular flexibility index (Phi) is 5.01. The first kappa shape index (κ1) is 16.3. The van der Waals surface area contributed by atoms with Gasteiger partial charge in [0.1, 0.15) is 5.82 Å². The molecule has 4 heteroatoms. The molecule has 0 atom stereocenters. The van der Waals surface area contributed by atoms with Crippen molar-refractivity contribution in [3.05, 3.63) is 65.5 Å². The molecule has 0 saturated carbocycles. The highest BCUT2D eigenvalue weighted by molar-refractivity contribution is 5.66. The molecule has 0 bridgehead atoms. The average Bonchev–Trinajstić information content (AvgIpc) is 2.46. The molecule has 0 N–H and O–H groups in total. The molecule has 22 heavy (non-hydrogen) atoms. The smallest absolute Gasteiger partial charge is 0.206 e. The molecule has 0 aromatic heterocycles. The second kappa shape index (κ2) is 6.77. The third kappa shape index (κ3) is 4.45. The second-order valence-corrected chi connectivity index (χ2v) is 5.06. The summed E-state index contributed by atoms with van der Waals surface area (Å²) in [7, 11) is 0. The van der Waals surface area contributed by atoms with Crippen LogP contribution in [-0.2, 0) is 6.42 Å². The van der Waals surface area contributed by atoms with Gasteiger partial charge in [0.05, 0.1) is 0 Å². The normalized spacial score (nSPS) is 12.0.